The van der Waals surface area contributed by atoms with E-state index >= 15 is 0 Å². The lowest BCUT2D eigenvalue weighted by atomic mass is 10.2. The highest BCUT2D eigenvalue weighted by molar-refractivity contribution is 9.10. The van der Waals surface area contributed by atoms with Crippen LogP contribution in [0.25, 0.3) is 0 Å². The molecule has 2 rings (SSSR count). The molecular formula is C15H10BrF6N3S. The molecule has 0 unspecified atom stereocenters. The number of nitrogens with one attached hydrogen (secondary N) is 3. The summed E-state index contributed by atoms with van der Waals surface area (Å²) in [5.41, 5.74) is -5.19. The van der Waals surface area contributed by atoms with Crippen molar-refractivity contribution in [3.8, 4) is 0 Å². The smallest absolute Gasteiger partial charge is 0.326 e. The van der Waals surface area contributed by atoms with Crippen molar-refractivity contribution in [2.45, 2.75) is 16.6 Å². The van der Waals surface area contributed by atoms with Gasteiger partial charge < -0.3 is 10.6 Å². The normalized spacial score (nSPS) is 12.0. The Hall–Kier alpha value is -1.88. The molecule has 0 aliphatic carbocycles. The maximum atomic E-state index is 12.7. The van der Waals surface area contributed by atoms with E-state index < -0.39 is 23.2 Å². The van der Waals surface area contributed by atoms with Crippen molar-refractivity contribution < 1.29 is 26.3 Å². The number of guanidine groups is 1. The Labute approximate surface area is 156 Å². The Morgan fingerprint density at radius 3 is 2.27 bits per heavy atom. The Balaban J connectivity index is 2.12. The second kappa shape index (κ2) is 7.78. The van der Waals surface area contributed by atoms with E-state index in [2.05, 4.69) is 26.6 Å². The number of anilines is 2. The first-order valence-corrected chi connectivity index (χ1v) is 8.40. The largest absolute Gasteiger partial charge is 0.446 e. The van der Waals surface area contributed by atoms with Gasteiger partial charge in [-0.15, -0.1) is 0 Å². The third-order valence-corrected chi connectivity index (χ3v) is 4.30. The highest BCUT2D eigenvalue weighted by Gasteiger charge is 2.31. The average Bonchev–Trinajstić information content (AvgIpc) is 2.48. The first kappa shape index (κ1) is 20.4. The van der Waals surface area contributed by atoms with E-state index in [4.69, 9.17) is 5.41 Å². The van der Waals surface area contributed by atoms with Crippen LogP contribution in [0.5, 0.6) is 0 Å². The van der Waals surface area contributed by atoms with Gasteiger partial charge in [0, 0.05) is 15.1 Å². The number of hydrogen-bond donors (Lipinski definition) is 3. The van der Waals surface area contributed by atoms with Gasteiger partial charge in [0.1, 0.15) is 0 Å². The number of thioether (sulfide) groups is 1. The van der Waals surface area contributed by atoms with Crippen LogP contribution in [0.2, 0.25) is 0 Å². The van der Waals surface area contributed by atoms with Gasteiger partial charge in [0.2, 0.25) is 0 Å². The zero-order valence-corrected chi connectivity index (χ0v) is 15.0. The van der Waals surface area contributed by atoms with E-state index in [1.54, 1.807) is 0 Å². The van der Waals surface area contributed by atoms with Gasteiger partial charge in [-0.25, -0.2) is 0 Å². The number of rotatable bonds is 3. The lowest BCUT2D eigenvalue weighted by Gasteiger charge is -2.14. The maximum Gasteiger partial charge on any atom is 0.446 e. The fraction of sp³-hybridized carbons (Fsp3) is 0.133. The molecule has 2 aromatic carbocycles. The molecule has 0 aliphatic heterocycles. The fourth-order valence-electron chi connectivity index (χ4n) is 1.88. The summed E-state index contributed by atoms with van der Waals surface area (Å²) in [4.78, 5) is -0.102. The third-order valence-electron chi connectivity index (χ3n) is 2.89. The molecule has 3 nitrogen and oxygen atoms in total. The highest BCUT2D eigenvalue weighted by atomic mass is 79.9. The van der Waals surface area contributed by atoms with Crippen LogP contribution in [-0.2, 0) is 6.18 Å². The molecule has 0 aliphatic rings. The van der Waals surface area contributed by atoms with Crippen molar-refractivity contribution in [1.82, 2.24) is 0 Å². The quantitative estimate of drug-likeness (QED) is 0.212. The molecule has 0 aromatic heterocycles. The van der Waals surface area contributed by atoms with Gasteiger partial charge in [-0.2, -0.15) is 26.3 Å². The number of hydrogen-bond acceptors (Lipinski definition) is 2. The van der Waals surface area contributed by atoms with Crippen LogP contribution in [-0.4, -0.2) is 11.5 Å². The van der Waals surface area contributed by atoms with Crippen molar-refractivity contribution in [2.75, 3.05) is 10.6 Å². The number of alkyl halides is 6. The fourth-order valence-corrected chi connectivity index (χ4v) is 2.81. The van der Waals surface area contributed by atoms with E-state index in [-0.39, 0.29) is 28.0 Å². The molecule has 0 fully saturated rings. The highest BCUT2D eigenvalue weighted by Crippen LogP contribution is 2.39. The first-order valence-electron chi connectivity index (χ1n) is 6.79. The van der Waals surface area contributed by atoms with Crippen molar-refractivity contribution in [2.24, 2.45) is 0 Å². The second-order valence-corrected chi connectivity index (χ2v) is 6.89. The average molecular weight is 458 g/mol. The summed E-state index contributed by atoms with van der Waals surface area (Å²) in [6, 6.07) is 8.00. The number of benzene rings is 2. The summed E-state index contributed by atoms with van der Waals surface area (Å²) in [5, 5.41) is 12.7. The summed E-state index contributed by atoms with van der Waals surface area (Å²) in [6.45, 7) is 0. The number of halogens is 7. The SMILES string of the molecule is N=C(Nc1cccc(C(F)(F)F)c1)Nc1cc(SC(F)(F)F)ccc1Br. The molecule has 0 atom stereocenters. The minimum Gasteiger partial charge on any atom is -0.326 e. The maximum absolute atomic E-state index is 12.7. The van der Waals surface area contributed by atoms with Gasteiger partial charge in [-0.1, -0.05) is 6.07 Å². The molecule has 0 radical (unpaired) electrons. The minimum atomic E-state index is -4.53. The van der Waals surface area contributed by atoms with Crippen LogP contribution in [0.3, 0.4) is 0 Å². The lowest BCUT2D eigenvalue weighted by molar-refractivity contribution is -0.137. The standard InChI is InChI=1S/C15H10BrF6N3S/c16-11-5-4-10(26-15(20,21)22)7-12(11)25-13(23)24-9-3-1-2-8(6-9)14(17,18)19/h1-7H,(H3,23,24,25). The Bertz CT molecular complexity index is 807. The van der Waals surface area contributed by atoms with Crippen molar-refractivity contribution >= 4 is 45.0 Å². The third kappa shape index (κ3) is 6.13. The molecule has 2 aromatic rings. The predicted octanol–water partition coefficient (Wildman–Crippen LogP) is 6.54. The molecule has 0 saturated heterocycles. The summed E-state index contributed by atoms with van der Waals surface area (Å²) < 4.78 is 75.8. The van der Waals surface area contributed by atoms with Crippen LogP contribution >= 0.6 is 27.7 Å². The first-order chi connectivity index (χ1) is 11.9. The minimum absolute atomic E-state index is 0.00858. The zero-order valence-electron chi connectivity index (χ0n) is 12.6. The molecule has 26 heavy (non-hydrogen) atoms. The topological polar surface area (TPSA) is 47.9 Å². The van der Waals surface area contributed by atoms with Gasteiger partial charge in [-0.05, 0) is 64.1 Å². The van der Waals surface area contributed by atoms with Crippen molar-refractivity contribution in [1.29, 1.82) is 5.41 Å². The van der Waals surface area contributed by atoms with Crippen molar-refractivity contribution in [3.63, 3.8) is 0 Å². The molecule has 140 valence electrons. The van der Waals surface area contributed by atoms with Gasteiger partial charge >= 0.3 is 11.7 Å². The Morgan fingerprint density at radius 2 is 1.65 bits per heavy atom. The summed E-state index contributed by atoms with van der Waals surface area (Å²) in [6.07, 6.45) is -4.53. The molecule has 0 heterocycles. The predicted molar refractivity (Wildman–Crippen MR) is 92.5 cm³/mol. The van der Waals surface area contributed by atoms with Crippen molar-refractivity contribution in [3.05, 3.63) is 52.5 Å². The van der Waals surface area contributed by atoms with E-state index in [1.807, 2.05) is 0 Å². The van der Waals surface area contributed by atoms with E-state index in [1.165, 1.54) is 30.3 Å². The second-order valence-electron chi connectivity index (χ2n) is 4.89. The molecular weight excluding hydrogens is 448 g/mol. The zero-order chi connectivity index (χ0) is 19.5. The van der Waals surface area contributed by atoms with E-state index in [0.29, 0.717) is 4.47 Å². The van der Waals surface area contributed by atoms with Crippen LogP contribution in [0.4, 0.5) is 37.7 Å². The van der Waals surface area contributed by atoms with Gasteiger partial charge in [0.25, 0.3) is 0 Å². The lowest BCUT2D eigenvalue weighted by Crippen LogP contribution is -2.21. The van der Waals surface area contributed by atoms with Crippen LogP contribution in [0, 0.1) is 5.41 Å². The van der Waals surface area contributed by atoms with Gasteiger partial charge in [0.15, 0.2) is 5.96 Å². The monoisotopic (exact) mass is 457 g/mol. The molecule has 0 amide bonds. The van der Waals surface area contributed by atoms with E-state index in [0.717, 1.165) is 12.1 Å². The van der Waals surface area contributed by atoms with Gasteiger partial charge in [-0.3, -0.25) is 5.41 Å². The molecule has 0 spiro atoms. The molecule has 0 saturated carbocycles. The van der Waals surface area contributed by atoms with Crippen LogP contribution in [0.15, 0.2) is 51.8 Å². The summed E-state index contributed by atoms with van der Waals surface area (Å²) >= 11 is 2.82. The van der Waals surface area contributed by atoms with Crippen LogP contribution in [0.1, 0.15) is 5.56 Å². The van der Waals surface area contributed by atoms with Crippen LogP contribution < -0.4 is 10.6 Å². The van der Waals surface area contributed by atoms with E-state index in [9.17, 15) is 26.3 Å². The molecule has 0 bridgehead atoms. The summed E-state index contributed by atoms with van der Waals surface area (Å²) in [5.74, 6) is -0.404. The Morgan fingerprint density at radius 1 is 0.962 bits per heavy atom. The van der Waals surface area contributed by atoms with Gasteiger partial charge in [0.05, 0.1) is 11.3 Å². The molecule has 11 heteroatoms. The Kier molecular flexibility index (Phi) is 6.12. The molecule has 3 N–H and O–H groups in total. The summed E-state index contributed by atoms with van der Waals surface area (Å²) in [7, 11) is 0.